The number of esters is 1. The lowest BCUT2D eigenvalue weighted by Crippen LogP contribution is -2.09. The Balaban J connectivity index is 2.27. The molecule has 150 valence electrons. The quantitative estimate of drug-likeness (QED) is 0.593. The van der Waals surface area contributed by atoms with Crippen LogP contribution in [0.5, 0.6) is 5.75 Å². The fourth-order valence-electron chi connectivity index (χ4n) is 2.86. The number of nitrogens with zero attached hydrogens (tertiary/aromatic N) is 2. The van der Waals surface area contributed by atoms with Crippen molar-refractivity contribution in [1.29, 1.82) is 0 Å². The first-order chi connectivity index (χ1) is 13.5. The molecule has 2 rings (SSSR count). The minimum Gasteiger partial charge on any atom is -0.494 e. The Hall–Kier alpha value is -3.16. The molecule has 0 saturated carbocycles. The van der Waals surface area contributed by atoms with Crippen molar-refractivity contribution in [2.45, 2.75) is 39.0 Å². The maximum atomic E-state index is 12.1. The highest BCUT2D eigenvalue weighted by atomic mass is 16.5. The van der Waals surface area contributed by atoms with E-state index in [4.69, 9.17) is 14.6 Å². The molecule has 1 aromatic heterocycles. The molecule has 0 radical (unpaired) electrons. The summed E-state index contributed by atoms with van der Waals surface area (Å²) in [5.41, 5.74) is 1.58. The van der Waals surface area contributed by atoms with E-state index in [-0.39, 0.29) is 18.9 Å². The van der Waals surface area contributed by atoms with Crippen molar-refractivity contribution in [3.8, 4) is 5.75 Å². The lowest BCUT2D eigenvalue weighted by molar-refractivity contribution is -0.137. The van der Waals surface area contributed by atoms with Crippen LogP contribution in [0.1, 0.15) is 55.1 Å². The molecule has 0 spiro atoms. The van der Waals surface area contributed by atoms with Crippen LogP contribution in [-0.2, 0) is 9.53 Å². The molecule has 1 unspecified atom stereocenters. The number of carboxylic acids is 1. The maximum absolute atomic E-state index is 12.1. The zero-order chi connectivity index (χ0) is 20.5. The Kier molecular flexibility index (Phi) is 7.74. The predicted molar refractivity (Wildman–Crippen MR) is 104 cm³/mol. The summed E-state index contributed by atoms with van der Waals surface area (Å²) >= 11 is 0. The third kappa shape index (κ3) is 5.42. The summed E-state index contributed by atoms with van der Waals surface area (Å²) in [6.07, 6.45) is 4.53. The Labute approximate surface area is 163 Å². The molecule has 2 N–H and O–H groups in total. The summed E-state index contributed by atoms with van der Waals surface area (Å²) in [6.45, 7) is 3.99. The number of anilines is 2. The third-order valence-corrected chi connectivity index (χ3v) is 4.25. The van der Waals surface area contributed by atoms with Crippen LogP contribution in [-0.4, -0.2) is 40.7 Å². The van der Waals surface area contributed by atoms with Gasteiger partial charge in [0.2, 0.25) is 0 Å². The minimum absolute atomic E-state index is 0.00175. The molecule has 0 aliphatic rings. The van der Waals surface area contributed by atoms with Gasteiger partial charge in [-0.15, -0.1) is 0 Å². The van der Waals surface area contributed by atoms with Crippen LogP contribution in [0.25, 0.3) is 0 Å². The van der Waals surface area contributed by atoms with Crippen LogP contribution in [0.4, 0.5) is 11.5 Å². The zero-order valence-corrected chi connectivity index (χ0v) is 16.3. The van der Waals surface area contributed by atoms with Gasteiger partial charge in [-0.05, 0) is 31.9 Å². The number of hydrogen-bond acceptors (Lipinski definition) is 7. The molecule has 1 atom stereocenters. The number of aromatic nitrogens is 2. The second-order valence-corrected chi connectivity index (χ2v) is 6.10. The number of carbonyl (C=O) groups excluding carboxylic acids is 1. The maximum Gasteiger partial charge on any atom is 0.341 e. The fourth-order valence-corrected chi connectivity index (χ4v) is 2.86. The highest BCUT2D eigenvalue weighted by molar-refractivity contribution is 5.95. The smallest absolute Gasteiger partial charge is 0.341 e. The van der Waals surface area contributed by atoms with Crippen LogP contribution in [0.3, 0.4) is 0 Å². The number of ether oxygens (including phenoxy) is 2. The van der Waals surface area contributed by atoms with Crippen molar-refractivity contribution in [1.82, 2.24) is 9.97 Å². The Morgan fingerprint density at radius 1 is 1.25 bits per heavy atom. The largest absolute Gasteiger partial charge is 0.494 e. The fraction of sp³-hybridized carbons (Fsp3) is 0.400. The molecule has 0 saturated heterocycles. The average molecular weight is 387 g/mol. The van der Waals surface area contributed by atoms with Crippen LogP contribution < -0.4 is 10.1 Å². The van der Waals surface area contributed by atoms with E-state index in [2.05, 4.69) is 15.3 Å². The van der Waals surface area contributed by atoms with Gasteiger partial charge >= 0.3 is 11.9 Å². The molecule has 1 heterocycles. The van der Waals surface area contributed by atoms with Crippen LogP contribution in [0, 0.1) is 0 Å². The van der Waals surface area contributed by atoms with Crippen molar-refractivity contribution in [2.75, 3.05) is 19.0 Å². The summed E-state index contributed by atoms with van der Waals surface area (Å²) < 4.78 is 10.5. The number of carbonyl (C=O) groups is 2. The lowest BCUT2D eigenvalue weighted by Gasteiger charge is -2.16. The van der Waals surface area contributed by atoms with E-state index in [1.807, 2.05) is 6.92 Å². The van der Waals surface area contributed by atoms with E-state index in [0.717, 1.165) is 6.42 Å². The molecular weight excluding hydrogens is 362 g/mol. The minimum atomic E-state index is -0.832. The molecule has 0 fully saturated rings. The standard InChI is InChI=1S/C20H25N3O5/c1-4-13(9-10-18(24)25)16-11-21-12-17(23-16)22-15-8-6-7-14(19(15)27-3)20(26)28-5-2/h6-8,11-13H,4-5,9-10H2,1-3H3,(H,22,23)(H,24,25). The van der Waals surface area contributed by atoms with Gasteiger partial charge < -0.3 is 19.9 Å². The van der Waals surface area contributed by atoms with Gasteiger partial charge in [0, 0.05) is 18.5 Å². The van der Waals surface area contributed by atoms with Crippen molar-refractivity contribution in [3.63, 3.8) is 0 Å². The number of para-hydroxylation sites is 1. The number of aliphatic carboxylic acids is 1. The average Bonchev–Trinajstić information content (AvgIpc) is 2.68. The molecule has 0 bridgehead atoms. The zero-order valence-electron chi connectivity index (χ0n) is 16.3. The van der Waals surface area contributed by atoms with Gasteiger partial charge in [-0.3, -0.25) is 9.78 Å². The highest BCUT2D eigenvalue weighted by Crippen LogP contribution is 2.32. The molecule has 0 aliphatic carbocycles. The number of nitrogens with one attached hydrogen (secondary N) is 1. The Morgan fingerprint density at radius 2 is 2.04 bits per heavy atom. The molecule has 0 aliphatic heterocycles. The summed E-state index contributed by atoms with van der Waals surface area (Å²) in [5, 5.41) is 12.0. The lowest BCUT2D eigenvalue weighted by atomic mass is 9.97. The van der Waals surface area contributed by atoms with E-state index < -0.39 is 11.9 Å². The van der Waals surface area contributed by atoms with Gasteiger partial charge in [-0.2, -0.15) is 0 Å². The number of methoxy groups -OCH3 is 1. The third-order valence-electron chi connectivity index (χ3n) is 4.25. The van der Waals surface area contributed by atoms with E-state index in [9.17, 15) is 9.59 Å². The summed E-state index contributed by atoms with van der Waals surface area (Å²) in [7, 11) is 1.48. The SMILES string of the molecule is CCOC(=O)c1cccc(Nc2cncc(C(CC)CCC(=O)O)n2)c1OC. The first-order valence-electron chi connectivity index (χ1n) is 9.14. The summed E-state index contributed by atoms with van der Waals surface area (Å²) in [4.78, 5) is 31.8. The highest BCUT2D eigenvalue weighted by Gasteiger charge is 2.18. The van der Waals surface area contributed by atoms with Crippen molar-refractivity contribution < 1.29 is 24.2 Å². The van der Waals surface area contributed by atoms with E-state index in [1.165, 1.54) is 7.11 Å². The van der Waals surface area contributed by atoms with E-state index >= 15 is 0 Å². The second kappa shape index (κ2) is 10.2. The number of benzene rings is 1. The van der Waals surface area contributed by atoms with Crippen molar-refractivity contribution in [2.24, 2.45) is 0 Å². The summed E-state index contributed by atoms with van der Waals surface area (Å²) in [6, 6.07) is 5.11. The second-order valence-electron chi connectivity index (χ2n) is 6.10. The van der Waals surface area contributed by atoms with Crippen molar-refractivity contribution >= 4 is 23.4 Å². The molecule has 2 aromatic rings. The van der Waals surface area contributed by atoms with Gasteiger partial charge in [-0.1, -0.05) is 13.0 Å². The predicted octanol–water partition coefficient (Wildman–Crippen LogP) is 3.76. The van der Waals surface area contributed by atoms with E-state index in [1.54, 1.807) is 37.5 Å². The summed E-state index contributed by atoms with van der Waals surface area (Å²) in [5.74, 6) is -0.474. The first kappa shape index (κ1) is 21.1. The van der Waals surface area contributed by atoms with Gasteiger partial charge in [-0.25, -0.2) is 9.78 Å². The number of carboxylic acid groups (broad SMARTS) is 1. The van der Waals surface area contributed by atoms with Gasteiger partial charge in [0.05, 0.1) is 31.3 Å². The van der Waals surface area contributed by atoms with Crippen molar-refractivity contribution in [3.05, 3.63) is 41.9 Å². The monoisotopic (exact) mass is 387 g/mol. The normalized spacial score (nSPS) is 11.5. The molecule has 8 nitrogen and oxygen atoms in total. The molecule has 1 aromatic carbocycles. The number of hydrogen-bond donors (Lipinski definition) is 2. The van der Waals surface area contributed by atoms with Gasteiger partial charge in [0.15, 0.2) is 5.75 Å². The van der Waals surface area contributed by atoms with Crippen LogP contribution in [0.15, 0.2) is 30.6 Å². The molecule has 28 heavy (non-hydrogen) atoms. The van der Waals surface area contributed by atoms with Crippen LogP contribution in [0.2, 0.25) is 0 Å². The molecule has 8 heteroatoms. The van der Waals surface area contributed by atoms with Gasteiger partial charge in [0.1, 0.15) is 11.4 Å². The topological polar surface area (TPSA) is 111 Å². The first-order valence-corrected chi connectivity index (χ1v) is 9.14. The number of rotatable bonds is 10. The Bertz CT molecular complexity index is 825. The molecule has 0 amide bonds. The Morgan fingerprint density at radius 3 is 2.68 bits per heavy atom. The molecular formula is C20H25N3O5. The van der Waals surface area contributed by atoms with Crippen LogP contribution >= 0.6 is 0 Å². The van der Waals surface area contributed by atoms with E-state index in [0.29, 0.717) is 34.9 Å². The van der Waals surface area contributed by atoms with Gasteiger partial charge in [0.25, 0.3) is 0 Å².